The Morgan fingerprint density at radius 3 is 2.80 bits per heavy atom. The molecular formula is C14H17N3O2S. The van der Waals surface area contributed by atoms with Gasteiger partial charge in [-0.2, -0.15) is 0 Å². The Kier molecular flexibility index (Phi) is 4.57. The molecule has 2 rings (SSSR count). The summed E-state index contributed by atoms with van der Waals surface area (Å²) < 4.78 is 0. The normalized spacial score (nSPS) is 12.1. The van der Waals surface area contributed by atoms with Crippen LogP contribution in [-0.4, -0.2) is 4.92 Å². The van der Waals surface area contributed by atoms with E-state index in [9.17, 15) is 10.1 Å². The van der Waals surface area contributed by atoms with Gasteiger partial charge in [0.05, 0.1) is 11.0 Å². The van der Waals surface area contributed by atoms with Gasteiger partial charge in [-0.15, -0.1) is 11.3 Å². The number of nitrogen functional groups attached to an aromatic ring is 1. The van der Waals surface area contributed by atoms with Gasteiger partial charge in [-0.1, -0.05) is 19.4 Å². The van der Waals surface area contributed by atoms with Gasteiger partial charge in [-0.3, -0.25) is 10.1 Å². The first-order chi connectivity index (χ1) is 9.61. The number of benzene rings is 1. The molecule has 20 heavy (non-hydrogen) atoms. The van der Waals surface area contributed by atoms with Crippen molar-refractivity contribution in [3.05, 3.63) is 50.7 Å². The van der Waals surface area contributed by atoms with Gasteiger partial charge in [-0.25, -0.2) is 0 Å². The third-order valence-electron chi connectivity index (χ3n) is 3.03. The number of nitro groups is 1. The summed E-state index contributed by atoms with van der Waals surface area (Å²) in [5, 5.41) is 16.2. The standard InChI is InChI=1S/C14H17N3O2S/c1-2-4-12(14-5-3-8-20-14)16-10-6-7-13(17(18)19)11(15)9-10/h3,5-9,12,16H,2,4,15H2,1H3. The molecule has 0 aliphatic carbocycles. The summed E-state index contributed by atoms with van der Waals surface area (Å²) in [6.07, 6.45) is 2.05. The quantitative estimate of drug-likeness (QED) is 0.475. The molecule has 0 amide bonds. The molecule has 0 fully saturated rings. The Labute approximate surface area is 121 Å². The second kappa shape index (κ2) is 6.38. The van der Waals surface area contributed by atoms with Crippen molar-refractivity contribution in [1.29, 1.82) is 0 Å². The van der Waals surface area contributed by atoms with Gasteiger partial charge in [-0.05, 0) is 30.0 Å². The molecule has 3 N–H and O–H groups in total. The molecule has 1 aromatic carbocycles. The minimum Gasteiger partial charge on any atom is -0.393 e. The third-order valence-corrected chi connectivity index (χ3v) is 4.02. The van der Waals surface area contributed by atoms with E-state index in [1.807, 2.05) is 11.4 Å². The van der Waals surface area contributed by atoms with E-state index in [0.29, 0.717) is 0 Å². The fraction of sp³-hybridized carbons (Fsp3) is 0.286. The van der Waals surface area contributed by atoms with Crippen LogP contribution in [0.4, 0.5) is 17.1 Å². The van der Waals surface area contributed by atoms with Crippen LogP contribution in [0.3, 0.4) is 0 Å². The van der Waals surface area contributed by atoms with Gasteiger partial charge in [0.1, 0.15) is 5.69 Å². The number of thiophene rings is 1. The molecule has 1 unspecified atom stereocenters. The molecule has 6 heteroatoms. The predicted molar refractivity (Wildman–Crippen MR) is 83.1 cm³/mol. The largest absolute Gasteiger partial charge is 0.393 e. The number of nitrogens with one attached hydrogen (secondary N) is 1. The summed E-state index contributed by atoms with van der Waals surface area (Å²) in [5.74, 6) is 0. The second-order valence-electron chi connectivity index (χ2n) is 4.53. The van der Waals surface area contributed by atoms with Crippen molar-refractivity contribution in [2.75, 3.05) is 11.1 Å². The van der Waals surface area contributed by atoms with Crippen molar-refractivity contribution in [3.63, 3.8) is 0 Å². The number of nitrogens with zero attached hydrogens (tertiary/aromatic N) is 1. The lowest BCUT2D eigenvalue weighted by molar-refractivity contribution is -0.383. The zero-order valence-electron chi connectivity index (χ0n) is 11.2. The van der Waals surface area contributed by atoms with Crippen LogP contribution in [0.1, 0.15) is 30.7 Å². The minimum absolute atomic E-state index is 0.0567. The smallest absolute Gasteiger partial charge is 0.292 e. The number of nitrogens with two attached hydrogens (primary N) is 1. The van der Waals surface area contributed by atoms with Crippen molar-refractivity contribution >= 4 is 28.4 Å². The second-order valence-corrected chi connectivity index (χ2v) is 5.51. The zero-order valence-corrected chi connectivity index (χ0v) is 12.0. The summed E-state index contributed by atoms with van der Waals surface area (Å²) in [7, 11) is 0. The Morgan fingerprint density at radius 1 is 1.45 bits per heavy atom. The van der Waals surface area contributed by atoms with Crippen LogP contribution in [0.5, 0.6) is 0 Å². The van der Waals surface area contributed by atoms with Gasteiger partial charge in [0.15, 0.2) is 0 Å². The highest BCUT2D eigenvalue weighted by molar-refractivity contribution is 7.10. The molecule has 2 aromatic rings. The molecule has 0 bridgehead atoms. The summed E-state index contributed by atoms with van der Waals surface area (Å²) in [4.78, 5) is 11.5. The maximum Gasteiger partial charge on any atom is 0.292 e. The molecule has 1 atom stereocenters. The highest BCUT2D eigenvalue weighted by atomic mass is 32.1. The van der Waals surface area contributed by atoms with E-state index in [1.165, 1.54) is 10.9 Å². The summed E-state index contributed by atoms with van der Waals surface area (Å²) >= 11 is 1.70. The van der Waals surface area contributed by atoms with E-state index in [2.05, 4.69) is 18.3 Å². The molecule has 1 aromatic heterocycles. The molecular weight excluding hydrogens is 274 g/mol. The first-order valence-electron chi connectivity index (χ1n) is 6.45. The maximum absolute atomic E-state index is 10.8. The first kappa shape index (κ1) is 14.3. The van der Waals surface area contributed by atoms with Gasteiger partial charge >= 0.3 is 0 Å². The van der Waals surface area contributed by atoms with E-state index in [4.69, 9.17) is 5.73 Å². The van der Waals surface area contributed by atoms with Crippen molar-refractivity contribution in [3.8, 4) is 0 Å². The lowest BCUT2D eigenvalue weighted by Gasteiger charge is -2.18. The van der Waals surface area contributed by atoms with E-state index in [1.54, 1.807) is 23.5 Å². The number of hydrogen-bond donors (Lipinski definition) is 2. The average Bonchev–Trinajstić information content (AvgIpc) is 2.91. The van der Waals surface area contributed by atoms with Crippen molar-refractivity contribution in [2.24, 2.45) is 0 Å². The number of nitro benzene ring substituents is 1. The fourth-order valence-corrected chi connectivity index (χ4v) is 2.89. The summed E-state index contributed by atoms with van der Waals surface area (Å²) in [6.45, 7) is 2.13. The van der Waals surface area contributed by atoms with Crippen LogP contribution in [0.25, 0.3) is 0 Å². The van der Waals surface area contributed by atoms with Gasteiger partial charge < -0.3 is 11.1 Å². The van der Waals surface area contributed by atoms with Crippen LogP contribution in [0.2, 0.25) is 0 Å². The molecule has 0 saturated heterocycles. The lowest BCUT2D eigenvalue weighted by Crippen LogP contribution is -2.09. The predicted octanol–water partition coefficient (Wildman–Crippen LogP) is 4.19. The Hall–Kier alpha value is -2.08. The topological polar surface area (TPSA) is 81.2 Å². The van der Waals surface area contributed by atoms with Crippen molar-refractivity contribution in [1.82, 2.24) is 0 Å². The zero-order chi connectivity index (χ0) is 14.5. The highest BCUT2D eigenvalue weighted by Gasteiger charge is 2.15. The number of rotatable bonds is 6. The van der Waals surface area contributed by atoms with Crippen LogP contribution >= 0.6 is 11.3 Å². The van der Waals surface area contributed by atoms with E-state index < -0.39 is 4.92 Å². The molecule has 0 aliphatic rings. The Bertz CT molecular complexity index is 584. The lowest BCUT2D eigenvalue weighted by atomic mass is 10.1. The van der Waals surface area contributed by atoms with Gasteiger partial charge in [0.2, 0.25) is 0 Å². The molecule has 5 nitrogen and oxygen atoms in total. The molecule has 0 radical (unpaired) electrons. The molecule has 0 spiro atoms. The highest BCUT2D eigenvalue weighted by Crippen LogP contribution is 2.30. The monoisotopic (exact) mass is 291 g/mol. The average molecular weight is 291 g/mol. The van der Waals surface area contributed by atoms with Crippen molar-refractivity contribution in [2.45, 2.75) is 25.8 Å². The van der Waals surface area contributed by atoms with Crippen LogP contribution in [0, 0.1) is 10.1 Å². The number of hydrogen-bond acceptors (Lipinski definition) is 5. The molecule has 0 saturated carbocycles. The van der Waals surface area contributed by atoms with Gasteiger partial charge in [0, 0.05) is 16.6 Å². The molecule has 106 valence electrons. The number of anilines is 2. The van der Waals surface area contributed by atoms with E-state index >= 15 is 0 Å². The fourth-order valence-electron chi connectivity index (χ4n) is 2.08. The Morgan fingerprint density at radius 2 is 2.25 bits per heavy atom. The minimum atomic E-state index is -0.470. The SMILES string of the molecule is CCCC(Nc1ccc([N+](=O)[O-])c(N)c1)c1cccs1. The van der Waals surface area contributed by atoms with Gasteiger partial charge in [0.25, 0.3) is 5.69 Å². The van der Waals surface area contributed by atoms with Crippen LogP contribution in [0.15, 0.2) is 35.7 Å². The summed E-state index contributed by atoms with van der Waals surface area (Å²) in [6, 6.07) is 9.08. The van der Waals surface area contributed by atoms with E-state index in [0.717, 1.165) is 18.5 Å². The molecule has 0 aliphatic heterocycles. The van der Waals surface area contributed by atoms with E-state index in [-0.39, 0.29) is 17.4 Å². The van der Waals surface area contributed by atoms with Crippen LogP contribution < -0.4 is 11.1 Å². The molecule has 1 heterocycles. The summed E-state index contributed by atoms with van der Waals surface area (Å²) in [5.41, 5.74) is 6.64. The van der Waals surface area contributed by atoms with Crippen LogP contribution in [-0.2, 0) is 0 Å². The first-order valence-corrected chi connectivity index (χ1v) is 7.33. The van der Waals surface area contributed by atoms with Crippen molar-refractivity contribution < 1.29 is 4.92 Å². The third kappa shape index (κ3) is 3.27. The maximum atomic E-state index is 10.8. The Balaban J connectivity index is 2.19.